The standard InChI is InChI=1S/C15H19N3O2/c19-14-8-11(10-18(14)13-5-1-2-6-13)15(20)17-12-4-3-7-16-9-12/h3-4,7,9,11,13H,1-2,5-6,8,10H2,(H,17,20). The highest BCUT2D eigenvalue weighted by molar-refractivity contribution is 5.97. The van der Waals surface area contributed by atoms with E-state index < -0.39 is 0 Å². The van der Waals surface area contributed by atoms with Gasteiger partial charge in [-0.25, -0.2) is 0 Å². The van der Waals surface area contributed by atoms with Gasteiger partial charge in [0.1, 0.15) is 0 Å². The minimum atomic E-state index is -0.233. The van der Waals surface area contributed by atoms with E-state index in [9.17, 15) is 9.59 Å². The minimum absolute atomic E-state index is 0.0770. The average Bonchev–Trinajstić information content (AvgIpc) is 3.08. The van der Waals surface area contributed by atoms with Crippen LogP contribution < -0.4 is 5.32 Å². The molecule has 3 rings (SSSR count). The highest BCUT2D eigenvalue weighted by Gasteiger charge is 2.38. The van der Waals surface area contributed by atoms with Crippen LogP contribution in [0, 0.1) is 5.92 Å². The summed E-state index contributed by atoms with van der Waals surface area (Å²) in [5.41, 5.74) is 0.685. The Balaban J connectivity index is 1.61. The van der Waals surface area contributed by atoms with Gasteiger partial charge in [-0.3, -0.25) is 14.6 Å². The number of carbonyl (C=O) groups excluding carboxylic acids is 2. The number of aromatic nitrogens is 1. The fraction of sp³-hybridized carbons (Fsp3) is 0.533. The maximum Gasteiger partial charge on any atom is 0.229 e. The molecule has 2 heterocycles. The smallest absolute Gasteiger partial charge is 0.229 e. The molecular formula is C15H19N3O2. The maximum atomic E-state index is 12.2. The summed E-state index contributed by atoms with van der Waals surface area (Å²) in [4.78, 5) is 30.1. The predicted octanol–water partition coefficient (Wildman–Crippen LogP) is 1.81. The van der Waals surface area contributed by atoms with Gasteiger partial charge >= 0.3 is 0 Å². The van der Waals surface area contributed by atoms with Crippen LogP contribution in [0.5, 0.6) is 0 Å². The molecule has 0 spiro atoms. The van der Waals surface area contributed by atoms with Gasteiger partial charge in [0.15, 0.2) is 0 Å². The summed E-state index contributed by atoms with van der Waals surface area (Å²) < 4.78 is 0. The number of rotatable bonds is 3. The van der Waals surface area contributed by atoms with Crippen molar-refractivity contribution in [3.05, 3.63) is 24.5 Å². The van der Waals surface area contributed by atoms with Crippen LogP contribution in [0.4, 0.5) is 5.69 Å². The molecule has 1 saturated carbocycles. The number of anilines is 1. The van der Waals surface area contributed by atoms with Crippen molar-refractivity contribution in [3.8, 4) is 0 Å². The molecule has 2 fully saturated rings. The molecule has 106 valence electrons. The van der Waals surface area contributed by atoms with Gasteiger partial charge in [-0.15, -0.1) is 0 Å². The van der Waals surface area contributed by atoms with Crippen LogP contribution in [0.15, 0.2) is 24.5 Å². The largest absolute Gasteiger partial charge is 0.339 e. The lowest BCUT2D eigenvalue weighted by molar-refractivity contribution is -0.129. The molecule has 1 N–H and O–H groups in total. The first-order valence-electron chi connectivity index (χ1n) is 7.24. The second-order valence-electron chi connectivity index (χ2n) is 5.62. The lowest BCUT2D eigenvalue weighted by Gasteiger charge is -2.23. The van der Waals surface area contributed by atoms with E-state index in [4.69, 9.17) is 0 Å². The zero-order valence-electron chi connectivity index (χ0n) is 11.4. The van der Waals surface area contributed by atoms with Crippen LogP contribution in [0.2, 0.25) is 0 Å². The third-order valence-electron chi connectivity index (χ3n) is 4.22. The van der Waals surface area contributed by atoms with E-state index in [1.165, 1.54) is 12.8 Å². The molecule has 1 aliphatic heterocycles. The first kappa shape index (κ1) is 13.1. The number of hydrogen-bond donors (Lipinski definition) is 1. The number of nitrogens with one attached hydrogen (secondary N) is 1. The van der Waals surface area contributed by atoms with E-state index in [1.54, 1.807) is 24.5 Å². The normalized spacial score (nSPS) is 23.3. The quantitative estimate of drug-likeness (QED) is 0.913. The summed E-state index contributed by atoms with van der Waals surface area (Å²) in [7, 11) is 0. The molecule has 1 unspecified atom stereocenters. The van der Waals surface area contributed by atoms with Gasteiger partial charge in [0.05, 0.1) is 17.8 Å². The fourth-order valence-electron chi connectivity index (χ4n) is 3.16. The molecule has 1 aromatic heterocycles. The second-order valence-corrected chi connectivity index (χ2v) is 5.62. The van der Waals surface area contributed by atoms with Crippen LogP contribution in [0.3, 0.4) is 0 Å². The lowest BCUT2D eigenvalue weighted by Crippen LogP contribution is -2.35. The van der Waals surface area contributed by atoms with Gasteiger partial charge < -0.3 is 10.2 Å². The zero-order chi connectivity index (χ0) is 13.9. The molecule has 2 aliphatic rings. The Morgan fingerprint density at radius 3 is 2.85 bits per heavy atom. The molecule has 1 saturated heterocycles. The number of carbonyl (C=O) groups is 2. The monoisotopic (exact) mass is 273 g/mol. The van der Waals surface area contributed by atoms with E-state index in [0.717, 1.165) is 12.8 Å². The molecule has 1 atom stereocenters. The summed E-state index contributed by atoms with van der Waals surface area (Å²) >= 11 is 0. The minimum Gasteiger partial charge on any atom is -0.339 e. The second kappa shape index (κ2) is 5.61. The number of likely N-dealkylation sites (tertiary alicyclic amines) is 1. The molecule has 1 aromatic rings. The lowest BCUT2D eigenvalue weighted by atomic mass is 10.1. The number of pyridine rings is 1. The van der Waals surface area contributed by atoms with Crippen molar-refractivity contribution in [2.45, 2.75) is 38.1 Å². The third-order valence-corrected chi connectivity index (χ3v) is 4.22. The molecule has 0 radical (unpaired) electrons. The Bertz CT molecular complexity index is 497. The van der Waals surface area contributed by atoms with Crippen molar-refractivity contribution in [1.82, 2.24) is 9.88 Å². The molecule has 2 amide bonds. The van der Waals surface area contributed by atoms with Gasteiger partial charge in [-0.1, -0.05) is 12.8 Å². The number of nitrogens with zero attached hydrogens (tertiary/aromatic N) is 2. The van der Waals surface area contributed by atoms with Crippen LogP contribution in [-0.2, 0) is 9.59 Å². The van der Waals surface area contributed by atoms with Gasteiger partial charge in [0.2, 0.25) is 11.8 Å². The summed E-state index contributed by atoms with van der Waals surface area (Å²) in [5, 5.41) is 2.84. The van der Waals surface area contributed by atoms with Gasteiger partial charge in [0.25, 0.3) is 0 Å². The predicted molar refractivity (Wildman–Crippen MR) is 74.9 cm³/mol. The van der Waals surface area contributed by atoms with Crippen molar-refractivity contribution in [2.75, 3.05) is 11.9 Å². The van der Waals surface area contributed by atoms with Crippen LogP contribution in [0.25, 0.3) is 0 Å². The van der Waals surface area contributed by atoms with Crippen LogP contribution in [0.1, 0.15) is 32.1 Å². The Kier molecular flexibility index (Phi) is 3.67. The summed E-state index contributed by atoms with van der Waals surface area (Å²) in [6, 6.07) is 3.94. The SMILES string of the molecule is O=C(Nc1cccnc1)C1CC(=O)N(C2CCCC2)C1. The van der Waals surface area contributed by atoms with E-state index in [2.05, 4.69) is 10.3 Å². The molecule has 1 aliphatic carbocycles. The fourth-order valence-corrected chi connectivity index (χ4v) is 3.16. The molecule has 0 bridgehead atoms. The Labute approximate surface area is 118 Å². The molecule has 5 heteroatoms. The summed E-state index contributed by atoms with van der Waals surface area (Å²) in [6.45, 7) is 0.565. The Morgan fingerprint density at radius 2 is 2.15 bits per heavy atom. The van der Waals surface area contributed by atoms with Crippen molar-refractivity contribution in [3.63, 3.8) is 0 Å². The van der Waals surface area contributed by atoms with Gasteiger partial charge in [-0.2, -0.15) is 0 Å². The summed E-state index contributed by atoms with van der Waals surface area (Å²) in [6.07, 6.45) is 8.18. The molecular weight excluding hydrogens is 254 g/mol. The van der Waals surface area contributed by atoms with E-state index >= 15 is 0 Å². The van der Waals surface area contributed by atoms with Crippen molar-refractivity contribution in [2.24, 2.45) is 5.92 Å². The molecule has 5 nitrogen and oxygen atoms in total. The highest BCUT2D eigenvalue weighted by atomic mass is 16.2. The average molecular weight is 273 g/mol. The van der Waals surface area contributed by atoms with E-state index in [0.29, 0.717) is 24.7 Å². The summed E-state index contributed by atoms with van der Waals surface area (Å²) in [5.74, 6) is -0.182. The van der Waals surface area contributed by atoms with Gasteiger partial charge in [-0.05, 0) is 25.0 Å². The van der Waals surface area contributed by atoms with Gasteiger partial charge in [0, 0.05) is 25.2 Å². The Hall–Kier alpha value is -1.91. The van der Waals surface area contributed by atoms with Crippen molar-refractivity contribution in [1.29, 1.82) is 0 Å². The zero-order valence-corrected chi connectivity index (χ0v) is 11.4. The molecule has 0 aromatic carbocycles. The maximum absolute atomic E-state index is 12.2. The van der Waals surface area contributed by atoms with Crippen molar-refractivity contribution < 1.29 is 9.59 Å². The highest BCUT2D eigenvalue weighted by Crippen LogP contribution is 2.29. The van der Waals surface area contributed by atoms with Crippen LogP contribution >= 0.6 is 0 Å². The number of hydrogen-bond acceptors (Lipinski definition) is 3. The molecule has 20 heavy (non-hydrogen) atoms. The number of amides is 2. The van der Waals surface area contributed by atoms with E-state index in [-0.39, 0.29) is 17.7 Å². The first-order valence-corrected chi connectivity index (χ1v) is 7.24. The topological polar surface area (TPSA) is 62.3 Å². The third kappa shape index (κ3) is 2.66. The first-order chi connectivity index (χ1) is 9.74. The van der Waals surface area contributed by atoms with Crippen molar-refractivity contribution >= 4 is 17.5 Å². The van der Waals surface area contributed by atoms with Crippen LogP contribution in [-0.4, -0.2) is 34.3 Å². The Morgan fingerprint density at radius 1 is 1.35 bits per heavy atom. The van der Waals surface area contributed by atoms with E-state index in [1.807, 2.05) is 4.90 Å².